The first-order chi connectivity index (χ1) is 12.1. The predicted octanol–water partition coefficient (Wildman–Crippen LogP) is 2.24. The first-order valence-corrected chi connectivity index (χ1v) is 8.43. The lowest BCUT2D eigenvalue weighted by Crippen LogP contribution is -2.25. The molecule has 0 unspecified atom stereocenters. The van der Waals surface area contributed by atoms with E-state index in [1.807, 2.05) is 30.3 Å². The molecule has 6 heteroatoms. The Morgan fingerprint density at radius 1 is 1.36 bits per heavy atom. The van der Waals surface area contributed by atoms with Crippen molar-refractivity contribution in [3.63, 3.8) is 0 Å². The molecule has 0 amide bonds. The van der Waals surface area contributed by atoms with Crippen molar-refractivity contribution < 1.29 is 28.8 Å². The molecule has 1 heterocycles. The molecule has 0 saturated carbocycles. The van der Waals surface area contributed by atoms with Crippen LogP contribution in [0.4, 0.5) is 0 Å². The van der Waals surface area contributed by atoms with Gasteiger partial charge in [0.1, 0.15) is 12.4 Å². The number of hydrogen-bond acceptors (Lipinski definition) is 6. The van der Waals surface area contributed by atoms with Crippen molar-refractivity contribution in [1.82, 2.24) is 0 Å². The maximum absolute atomic E-state index is 10.7. The first kappa shape index (κ1) is 19.4. The Morgan fingerprint density at radius 3 is 2.76 bits per heavy atom. The maximum Gasteiger partial charge on any atom is 0.302 e. The summed E-state index contributed by atoms with van der Waals surface area (Å²) in [7, 11) is 1.63. The summed E-state index contributed by atoms with van der Waals surface area (Å²) < 4.78 is 21.9. The highest BCUT2D eigenvalue weighted by Gasteiger charge is 2.34. The second-order valence-electron chi connectivity index (χ2n) is 5.89. The molecule has 0 aromatic heterocycles. The van der Waals surface area contributed by atoms with E-state index in [-0.39, 0.29) is 37.5 Å². The Morgan fingerprint density at radius 2 is 2.12 bits per heavy atom. The fourth-order valence-electron chi connectivity index (χ4n) is 2.73. The van der Waals surface area contributed by atoms with Gasteiger partial charge in [0.25, 0.3) is 0 Å². The van der Waals surface area contributed by atoms with E-state index < -0.39 is 0 Å². The molecule has 0 radical (unpaired) electrons. The van der Waals surface area contributed by atoms with Crippen molar-refractivity contribution in [2.45, 2.75) is 44.7 Å². The van der Waals surface area contributed by atoms with Crippen LogP contribution in [0.2, 0.25) is 0 Å². The Kier molecular flexibility index (Phi) is 7.91. The molecule has 0 spiro atoms. The molecule has 0 aliphatic carbocycles. The van der Waals surface area contributed by atoms with Crippen LogP contribution in [0.15, 0.2) is 36.4 Å². The number of carbonyl (C=O) groups excluding carboxylic acids is 1. The summed E-state index contributed by atoms with van der Waals surface area (Å²) in [6.07, 6.45) is 4.55. The summed E-state index contributed by atoms with van der Waals surface area (Å²) >= 11 is 0. The molecule has 3 atom stereocenters. The minimum absolute atomic E-state index is 0.0525. The second kappa shape index (κ2) is 10.2. The SMILES string of the molecule is COc1ccc(CO[C@@H]2C[C@H](/C=C/COC(C)=O)O[C@H]2CCO)cc1. The van der Waals surface area contributed by atoms with Crippen LogP contribution in [-0.2, 0) is 25.6 Å². The predicted molar refractivity (Wildman–Crippen MR) is 92.3 cm³/mol. The highest BCUT2D eigenvalue weighted by Crippen LogP contribution is 2.27. The van der Waals surface area contributed by atoms with Gasteiger partial charge in [0, 0.05) is 20.0 Å². The van der Waals surface area contributed by atoms with E-state index in [9.17, 15) is 9.90 Å². The van der Waals surface area contributed by atoms with Crippen molar-refractivity contribution in [3.05, 3.63) is 42.0 Å². The van der Waals surface area contributed by atoms with Crippen molar-refractivity contribution >= 4 is 5.97 Å². The Hall–Kier alpha value is -1.89. The molecule has 25 heavy (non-hydrogen) atoms. The minimum Gasteiger partial charge on any atom is -0.497 e. The molecule has 0 bridgehead atoms. The smallest absolute Gasteiger partial charge is 0.302 e. The van der Waals surface area contributed by atoms with Crippen LogP contribution in [-0.4, -0.2) is 49.7 Å². The lowest BCUT2D eigenvalue weighted by molar-refractivity contribution is -0.139. The molecule has 1 N–H and O–H groups in total. The summed E-state index contributed by atoms with van der Waals surface area (Å²) in [4.78, 5) is 10.7. The van der Waals surface area contributed by atoms with Gasteiger partial charge in [0.15, 0.2) is 0 Å². The quantitative estimate of drug-likeness (QED) is 0.544. The van der Waals surface area contributed by atoms with Crippen LogP contribution in [0.1, 0.15) is 25.3 Å². The Bertz CT molecular complexity index is 554. The zero-order valence-corrected chi connectivity index (χ0v) is 14.7. The number of methoxy groups -OCH3 is 1. The van der Waals surface area contributed by atoms with E-state index in [1.165, 1.54) is 6.92 Å². The standard InChI is InChI=1S/C19H26O6/c1-14(21)23-11-3-4-17-12-19(18(25-17)9-10-20)24-13-15-5-7-16(22-2)8-6-15/h3-8,17-20H,9-13H2,1-2H3/b4-3+/t17-,18-,19+/m0/s1. The lowest BCUT2D eigenvalue weighted by atomic mass is 10.1. The molecule has 1 saturated heterocycles. The van der Waals surface area contributed by atoms with Crippen molar-refractivity contribution in [3.8, 4) is 5.75 Å². The van der Waals surface area contributed by atoms with Gasteiger partial charge in [-0.05, 0) is 30.2 Å². The van der Waals surface area contributed by atoms with Gasteiger partial charge in [0.05, 0.1) is 32.0 Å². The monoisotopic (exact) mass is 350 g/mol. The number of ether oxygens (including phenoxy) is 4. The fraction of sp³-hybridized carbons (Fsp3) is 0.526. The number of rotatable bonds is 9. The number of benzene rings is 1. The minimum atomic E-state index is -0.309. The van der Waals surface area contributed by atoms with E-state index in [0.29, 0.717) is 19.4 Å². The number of hydrogen-bond donors (Lipinski definition) is 1. The number of carbonyl (C=O) groups is 1. The van der Waals surface area contributed by atoms with Gasteiger partial charge < -0.3 is 24.1 Å². The van der Waals surface area contributed by atoms with E-state index >= 15 is 0 Å². The zero-order valence-electron chi connectivity index (χ0n) is 14.7. The van der Waals surface area contributed by atoms with Crippen LogP contribution in [0, 0.1) is 0 Å². The molecule has 138 valence electrons. The van der Waals surface area contributed by atoms with Crippen molar-refractivity contribution in [2.24, 2.45) is 0 Å². The van der Waals surface area contributed by atoms with E-state index in [1.54, 1.807) is 13.2 Å². The average molecular weight is 350 g/mol. The third kappa shape index (κ3) is 6.49. The van der Waals surface area contributed by atoms with Gasteiger partial charge in [-0.15, -0.1) is 0 Å². The number of esters is 1. The molecule has 2 rings (SSSR count). The van der Waals surface area contributed by atoms with Gasteiger partial charge in [-0.2, -0.15) is 0 Å². The van der Waals surface area contributed by atoms with E-state index in [4.69, 9.17) is 18.9 Å². The summed E-state index contributed by atoms with van der Waals surface area (Å²) in [5.41, 5.74) is 1.05. The van der Waals surface area contributed by atoms with E-state index in [2.05, 4.69) is 0 Å². The summed E-state index contributed by atoms with van der Waals surface area (Å²) in [6, 6.07) is 7.73. The van der Waals surface area contributed by atoms with Gasteiger partial charge in [-0.25, -0.2) is 0 Å². The zero-order chi connectivity index (χ0) is 18.1. The van der Waals surface area contributed by atoms with Gasteiger partial charge in [0.2, 0.25) is 0 Å². The molecule has 1 aromatic rings. The Balaban J connectivity index is 1.85. The molecular weight excluding hydrogens is 324 g/mol. The summed E-state index contributed by atoms with van der Waals surface area (Å²) in [5.74, 6) is 0.500. The van der Waals surface area contributed by atoms with Crippen LogP contribution in [0.25, 0.3) is 0 Å². The van der Waals surface area contributed by atoms with Gasteiger partial charge in [-0.1, -0.05) is 18.2 Å². The first-order valence-electron chi connectivity index (χ1n) is 8.43. The Labute approximate surface area is 148 Å². The average Bonchev–Trinajstić information content (AvgIpc) is 2.99. The molecule has 1 aliphatic rings. The highest BCUT2D eigenvalue weighted by molar-refractivity contribution is 5.65. The van der Waals surface area contributed by atoms with Crippen molar-refractivity contribution in [2.75, 3.05) is 20.3 Å². The van der Waals surface area contributed by atoms with Crippen LogP contribution in [0.3, 0.4) is 0 Å². The molecule has 1 aliphatic heterocycles. The maximum atomic E-state index is 10.7. The van der Waals surface area contributed by atoms with E-state index in [0.717, 1.165) is 11.3 Å². The highest BCUT2D eigenvalue weighted by atomic mass is 16.6. The van der Waals surface area contributed by atoms with Crippen LogP contribution in [0.5, 0.6) is 5.75 Å². The summed E-state index contributed by atoms with van der Waals surface area (Å²) in [5, 5.41) is 9.22. The van der Waals surface area contributed by atoms with Gasteiger partial charge in [-0.3, -0.25) is 4.79 Å². The lowest BCUT2D eigenvalue weighted by Gasteiger charge is -2.18. The molecular formula is C19H26O6. The molecule has 1 aromatic carbocycles. The molecule has 6 nitrogen and oxygen atoms in total. The van der Waals surface area contributed by atoms with Crippen LogP contribution < -0.4 is 4.74 Å². The summed E-state index contributed by atoms with van der Waals surface area (Å²) in [6.45, 7) is 2.14. The topological polar surface area (TPSA) is 74.2 Å². The second-order valence-corrected chi connectivity index (χ2v) is 5.89. The fourth-order valence-corrected chi connectivity index (χ4v) is 2.73. The largest absolute Gasteiger partial charge is 0.497 e. The number of aliphatic hydroxyl groups is 1. The van der Waals surface area contributed by atoms with Crippen LogP contribution >= 0.6 is 0 Å². The molecule has 1 fully saturated rings. The van der Waals surface area contributed by atoms with Crippen molar-refractivity contribution in [1.29, 1.82) is 0 Å². The number of aliphatic hydroxyl groups excluding tert-OH is 1. The third-order valence-electron chi connectivity index (χ3n) is 4.00. The van der Waals surface area contributed by atoms with Gasteiger partial charge >= 0.3 is 5.97 Å². The third-order valence-corrected chi connectivity index (χ3v) is 4.00. The normalized spacial score (nSPS) is 23.1.